The summed E-state index contributed by atoms with van der Waals surface area (Å²) in [6.07, 6.45) is 7.48. The Morgan fingerprint density at radius 1 is 1.23 bits per heavy atom. The maximum absolute atomic E-state index is 11.5. The number of hydrogen-bond acceptors (Lipinski definition) is 6. The zero-order valence-corrected chi connectivity index (χ0v) is 17.7. The van der Waals surface area contributed by atoms with Gasteiger partial charge < -0.3 is 10.2 Å². The van der Waals surface area contributed by atoms with Crippen LogP contribution in [0.1, 0.15) is 26.8 Å². The Labute approximate surface area is 179 Å². The van der Waals surface area contributed by atoms with E-state index in [4.69, 9.17) is 0 Å². The molecule has 2 N–H and O–H groups in total. The lowest BCUT2D eigenvalue weighted by molar-refractivity contribution is -0.134. The minimum Gasteiger partial charge on any atom is -0.382 e. The summed E-state index contributed by atoms with van der Waals surface area (Å²) in [5.74, 6) is 0.0900. The van der Waals surface area contributed by atoms with Crippen molar-refractivity contribution >= 4 is 22.5 Å². The van der Waals surface area contributed by atoms with Crippen LogP contribution in [-0.2, 0) is 4.79 Å². The maximum Gasteiger partial charge on any atom is 0.219 e. The number of rotatable bonds is 5. The number of H-pyrrole nitrogens is 1. The zero-order chi connectivity index (χ0) is 21.5. The van der Waals surface area contributed by atoms with Crippen molar-refractivity contribution in [3.63, 3.8) is 0 Å². The van der Waals surface area contributed by atoms with Gasteiger partial charge in [0.2, 0.25) is 5.91 Å². The third-order valence-electron chi connectivity index (χ3n) is 5.60. The number of carbonyl (C=O) groups is 1. The molecule has 9 nitrogen and oxygen atoms in total. The molecule has 0 saturated carbocycles. The average Bonchev–Trinajstić information content (AvgIpc) is 3.38. The molecule has 0 spiro atoms. The molecule has 1 aliphatic heterocycles. The van der Waals surface area contributed by atoms with E-state index in [2.05, 4.69) is 50.7 Å². The average molecular weight is 416 g/mol. The van der Waals surface area contributed by atoms with Gasteiger partial charge in [0, 0.05) is 55.0 Å². The lowest BCUT2D eigenvalue weighted by Gasteiger charge is -2.38. The van der Waals surface area contributed by atoms with E-state index in [9.17, 15) is 4.79 Å². The number of pyridine rings is 1. The van der Waals surface area contributed by atoms with E-state index in [0.29, 0.717) is 13.1 Å². The van der Waals surface area contributed by atoms with Crippen molar-refractivity contribution in [1.82, 2.24) is 35.1 Å². The van der Waals surface area contributed by atoms with E-state index < -0.39 is 0 Å². The Kier molecular flexibility index (Phi) is 4.65. The number of carbonyl (C=O) groups excluding carboxylic acids is 1. The van der Waals surface area contributed by atoms with Gasteiger partial charge in [0.05, 0.1) is 29.6 Å². The predicted octanol–water partition coefficient (Wildman–Crippen LogP) is 3.11. The van der Waals surface area contributed by atoms with Crippen molar-refractivity contribution in [3.05, 3.63) is 43.0 Å². The summed E-state index contributed by atoms with van der Waals surface area (Å²) in [5, 5.41) is 20.3. The topological polar surface area (TPSA) is 105 Å². The zero-order valence-electron chi connectivity index (χ0n) is 17.7. The fourth-order valence-electron chi connectivity index (χ4n) is 3.88. The molecule has 31 heavy (non-hydrogen) atoms. The van der Waals surface area contributed by atoms with Crippen LogP contribution in [0, 0.1) is 0 Å². The molecule has 0 radical (unpaired) electrons. The third-order valence-corrected chi connectivity index (χ3v) is 5.60. The normalized spacial score (nSPS) is 14.3. The quantitative estimate of drug-likeness (QED) is 0.518. The summed E-state index contributed by atoms with van der Waals surface area (Å²) in [6, 6.07) is 6.59. The van der Waals surface area contributed by atoms with Crippen molar-refractivity contribution in [1.29, 1.82) is 0 Å². The highest BCUT2D eigenvalue weighted by Gasteiger charge is 2.31. The van der Waals surface area contributed by atoms with Gasteiger partial charge in [0.25, 0.3) is 0 Å². The molecule has 4 aromatic rings. The highest BCUT2D eigenvalue weighted by Crippen LogP contribution is 2.35. The fraction of sp³-hybridized carbons (Fsp3) is 0.318. The number of fused-ring (bicyclic) bond motifs is 1. The van der Waals surface area contributed by atoms with E-state index in [1.54, 1.807) is 11.8 Å². The molecule has 158 valence electrons. The number of benzene rings is 1. The minimum absolute atomic E-state index is 0.0900. The fourth-order valence-corrected chi connectivity index (χ4v) is 3.88. The number of likely N-dealkylation sites (tertiary alicyclic amines) is 1. The first-order valence-corrected chi connectivity index (χ1v) is 10.4. The van der Waals surface area contributed by atoms with Crippen molar-refractivity contribution in [3.8, 4) is 22.4 Å². The Bertz CT molecular complexity index is 1240. The Balaban J connectivity index is 1.56. The molecule has 1 fully saturated rings. The summed E-state index contributed by atoms with van der Waals surface area (Å²) in [5.41, 5.74) is 5.63. The van der Waals surface area contributed by atoms with Gasteiger partial charge in [-0.25, -0.2) is 4.68 Å². The van der Waals surface area contributed by atoms with Crippen LogP contribution in [-0.4, -0.2) is 60.1 Å². The van der Waals surface area contributed by atoms with Crippen molar-refractivity contribution in [2.24, 2.45) is 0 Å². The molecular formula is C22H24N8O. The van der Waals surface area contributed by atoms with Gasteiger partial charge >= 0.3 is 0 Å². The molecule has 0 aliphatic carbocycles. The lowest BCUT2D eigenvalue weighted by Crippen LogP contribution is -2.50. The summed E-state index contributed by atoms with van der Waals surface area (Å²) in [7, 11) is 0. The monoisotopic (exact) mass is 416 g/mol. The number of anilines is 1. The molecule has 4 heterocycles. The van der Waals surface area contributed by atoms with Crippen molar-refractivity contribution < 1.29 is 4.79 Å². The molecule has 0 atom stereocenters. The Morgan fingerprint density at radius 3 is 2.77 bits per heavy atom. The smallest absolute Gasteiger partial charge is 0.219 e. The number of aromatic amines is 1. The number of nitrogens with one attached hydrogen (secondary N) is 2. The second-order valence-corrected chi connectivity index (χ2v) is 8.23. The van der Waals surface area contributed by atoms with Gasteiger partial charge in [-0.2, -0.15) is 5.10 Å². The van der Waals surface area contributed by atoms with E-state index in [1.165, 1.54) is 0 Å². The summed E-state index contributed by atoms with van der Waals surface area (Å²) >= 11 is 0. The van der Waals surface area contributed by atoms with Gasteiger partial charge in [-0.3, -0.25) is 14.9 Å². The van der Waals surface area contributed by atoms with E-state index in [1.807, 2.05) is 41.6 Å². The van der Waals surface area contributed by atoms with Crippen LogP contribution in [0.5, 0.6) is 0 Å². The molecule has 1 amide bonds. The number of hydrogen-bond donors (Lipinski definition) is 2. The molecule has 1 saturated heterocycles. The Morgan fingerprint density at radius 2 is 2.06 bits per heavy atom. The van der Waals surface area contributed by atoms with E-state index in [0.717, 1.165) is 39.0 Å². The highest BCUT2D eigenvalue weighted by molar-refractivity contribution is 6.00. The van der Waals surface area contributed by atoms with Crippen LogP contribution in [0.2, 0.25) is 0 Å². The first-order valence-electron chi connectivity index (χ1n) is 10.4. The van der Waals surface area contributed by atoms with E-state index >= 15 is 0 Å². The number of nitrogens with zero attached hydrogens (tertiary/aromatic N) is 6. The van der Waals surface area contributed by atoms with Gasteiger partial charge in [-0.05, 0) is 31.5 Å². The summed E-state index contributed by atoms with van der Waals surface area (Å²) in [6.45, 7) is 7.14. The van der Waals surface area contributed by atoms with Gasteiger partial charge in [-0.1, -0.05) is 11.3 Å². The predicted molar refractivity (Wildman–Crippen MR) is 118 cm³/mol. The minimum atomic E-state index is 0.0900. The second-order valence-electron chi connectivity index (χ2n) is 8.23. The van der Waals surface area contributed by atoms with Crippen molar-refractivity contribution in [2.75, 3.05) is 18.4 Å². The van der Waals surface area contributed by atoms with Crippen LogP contribution in [0.25, 0.3) is 33.3 Å². The van der Waals surface area contributed by atoms with Gasteiger partial charge in [-0.15, -0.1) is 5.10 Å². The maximum atomic E-state index is 11.5. The van der Waals surface area contributed by atoms with Crippen LogP contribution < -0.4 is 5.32 Å². The van der Waals surface area contributed by atoms with Crippen LogP contribution in [0.4, 0.5) is 5.69 Å². The van der Waals surface area contributed by atoms with Crippen LogP contribution in [0.15, 0.2) is 43.0 Å². The molecule has 1 aromatic carbocycles. The van der Waals surface area contributed by atoms with Crippen LogP contribution >= 0.6 is 0 Å². The summed E-state index contributed by atoms with van der Waals surface area (Å²) in [4.78, 5) is 17.9. The highest BCUT2D eigenvalue weighted by atomic mass is 16.2. The first kappa shape index (κ1) is 19.2. The van der Waals surface area contributed by atoms with Gasteiger partial charge in [0.1, 0.15) is 5.69 Å². The molecule has 5 rings (SSSR count). The molecular weight excluding hydrogens is 392 g/mol. The lowest BCUT2D eigenvalue weighted by atomic mass is 10.0. The Hall–Kier alpha value is -3.75. The SMILES string of the molecule is CC(=O)N1CC(n2cc(-c3cnc4ccc(-c5cn[nH]c5)cc4c3NC(C)C)nn2)C1. The standard InChI is InChI=1S/C22H24N8O/c1-13(2)26-22-18-6-15(16-7-24-25-8-16)4-5-20(18)23-9-19(22)21-12-30(28-27-21)17-10-29(11-17)14(3)31/h4-9,12-13,17H,10-11H2,1-3H3,(H,23,26)(H,24,25). The second kappa shape index (κ2) is 7.50. The molecule has 0 bridgehead atoms. The molecule has 9 heteroatoms. The summed E-state index contributed by atoms with van der Waals surface area (Å²) < 4.78 is 1.85. The molecule has 0 unspecified atom stereocenters. The largest absolute Gasteiger partial charge is 0.382 e. The van der Waals surface area contributed by atoms with E-state index in [-0.39, 0.29) is 18.0 Å². The van der Waals surface area contributed by atoms with Gasteiger partial charge in [0.15, 0.2) is 0 Å². The first-order chi connectivity index (χ1) is 15.0. The molecule has 1 aliphatic rings. The third kappa shape index (κ3) is 3.52. The van der Waals surface area contributed by atoms with Crippen molar-refractivity contribution in [2.45, 2.75) is 32.9 Å². The number of amides is 1. The molecule has 3 aromatic heterocycles. The van der Waals surface area contributed by atoms with Crippen LogP contribution in [0.3, 0.4) is 0 Å². The number of aromatic nitrogens is 6.